The van der Waals surface area contributed by atoms with Gasteiger partial charge in [-0.1, -0.05) is 275 Å². The van der Waals surface area contributed by atoms with Crippen molar-refractivity contribution >= 4 is 11.9 Å². The minimum absolute atomic E-state index is 0.00179. The van der Waals surface area contributed by atoms with E-state index in [1.165, 1.54) is 231 Å². The molecule has 0 saturated heterocycles. The Labute approximate surface area is 411 Å². The molecule has 0 radical (unpaired) electrons. The number of hydrogen-bond acceptors (Lipinski definition) is 5. The zero-order valence-electron chi connectivity index (χ0n) is 44.2. The molecule has 0 saturated carbocycles. The average Bonchev–Trinajstić information content (AvgIpc) is 3.32. The molecule has 1 amide bonds. The largest absolute Gasteiger partial charge is 0.466 e. The standard InChI is InChI=1S/C60H113NO5/c1-3-5-7-9-11-13-15-28-32-36-40-44-48-52-58(63)57(56-62)61-59(64)53-49-45-41-37-33-30-26-24-22-20-18-17-19-21-23-25-27-31-35-39-43-47-51-55-66-60(65)54-50-46-42-38-34-29-16-14-12-10-8-6-4-2/h8,10,14,16,48,52,57-58,62-63H,3-7,9,11-13,15,17-47,49-51,53-56H2,1-2H3,(H,61,64)/b10-8-,16-14-,52-48+. The Morgan fingerprint density at radius 1 is 0.424 bits per heavy atom. The fourth-order valence-corrected chi connectivity index (χ4v) is 8.91. The lowest BCUT2D eigenvalue weighted by atomic mass is 10.0. The highest BCUT2D eigenvalue weighted by Gasteiger charge is 2.18. The van der Waals surface area contributed by atoms with Crippen LogP contribution in [0.25, 0.3) is 0 Å². The van der Waals surface area contributed by atoms with E-state index in [9.17, 15) is 19.8 Å². The number of carbonyl (C=O) groups is 2. The summed E-state index contributed by atoms with van der Waals surface area (Å²) in [7, 11) is 0. The highest BCUT2D eigenvalue weighted by Crippen LogP contribution is 2.17. The molecule has 0 aliphatic rings. The van der Waals surface area contributed by atoms with Gasteiger partial charge in [-0.3, -0.25) is 9.59 Å². The number of ether oxygens (including phenoxy) is 1. The number of hydrogen-bond donors (Lipinski definition) is 3. The summed E-state index contributed by atoms with van der Waals surface area (Å²) >= 11 is 0. The molecular weight excluding hydrogens is 815 g/mol. The predicted octanol–water partition coefficient (Wildman–Crippen LogP) is 18.0. The molecular formula is C60H113NO5. The van der Waals surface area contributed by atoms with Crippen molar-refractivity contribution in [2.24, 2.45) is 0 Å². The van der Waals surface area contributed by atoms with Crippen LogP contribution in [0, 0.1) is 0 Å². The van der Waals surface area contributed by atoms with E-state index in [2.05, 4.69) is 43.5 Å². The second-order valence-electron chi connectivity index (χ2n) is 20.0. The van der Waals surface area contributed by atoms with Crippen LogP contribution in [0.3, 0.4) is 0 Å². The van der Waals surface area contributed by atoms with Gasteiger partial charge >= 0.3 is 5.97 Å². The summed E-state index contributed by atoms with van der Waals surface area (Å²) in [4.78, 5) is 24.5. The zero-order valence-corrected chi connectivity index (χ0v) is 44.2. The van der Waals surface area contributed by atoms with Crippen molar-refractivity contribution < 1.29 is 24.5 Å². The van der Waals surface area contributed by atoms with Crippen LogP contribution in [-0.4, -0.2) is 47.4 Å². The van der Waals surface area contributed by atoms with Gasteiger partial charge < -0.3 is 20.3 Å². The van der Waals surface area contributed by atoms with E-state index in [0.29, 0.717) is 19.4 Å². The van der Waals surface area contributed by atoms with E-state index < -0.39 is 12.1 Å². The van der Waals surface area contributed by atoms with E-state index in [1.54, 1.807) is 6.08 Å². The van der Waals surface area contributed by atoms with Crippen LogP contribution in [0.5, 0.6) is 0 Å². The summed E-state index contributed by atoms with van der Waals surface area (Å²) in [5.74, 6) is -0.0694. The number of carbonyl (C=O) groups excluding carboxylic acids is 2. The van der Waals surface area contributed by atoms with Gasteiger partial charge in [0.1, 0.15) is 0 Å². The van der Waals surface area contributed by atoms with Gasteiger partial charge in [0.25, 0.3) is 0 Å². The summed E-state index contributed by atoms with van der Waals surface area (Å²) in [6.07, 6.45) is 68.9. The number of esters is 1. The Bertz CT molecular complexity index is 1070. The van der Waals surface area contributed by atoms with Crippen molar-refractivity contribution in [2.45, 2.75) is 321 Å². The van der Waals surface area contributed by atoms with Crippen LogP contribution in [0.2, 0.25) is 0 Å². The summed E-state index contributed by atoms with van der Waals surface area (Å²) in [6.45, 7) is 4.83. The van der Waals surface area contributed by atoms with Gasteiger partial charge in [0, 0.05) is 12.8 Å². The molecule has 0 aliphatic carbocycles. The molecule has 0 heterocycles. The molecule has 0 aliphatic heterocycles. The first-order valence-electron chi connectivity index (χ1n) is 29.3. The normalized spacial score (nSPS) is 12.8. The number of aliphatic hydroxyl groups is 2. The molecule has 6 heteroatoms. The Hall–Kier alpha value is -1.92. The molecule has 0 spiro atoms. The van der Waals surface area contributed by atoms with Crippen LogP contribution >= 0.6 is 0 Å². The fraction of sp³-hybridized carbons (Fsp3) is 0.867. The molecule has 0 rings (SSSR count). The molecule has 0 bridgehead atoms. The van der Waals surface area contributed by atoms with E-state index in [0.717, 1.165) is 51.4 Å². The van der Waals surface area contributed by atoms with Crippen molar-refractivity contribution in [1.29, 1.82) is 0 Å². The van der Waals surface area contributed by atoms with Crippen molar-refractivity contribution in [3.8, 4) is 0 Å². The Morgan fingerprint density at radius 2 is 0.788 bits per heavy atom. The van der Waals surface area contributed by atoms with Crippen molar-refractivity contribution in [3.05, 3.63) is 36.5 Å². The number of amides is 1. The Balaban J connectivity index is 3.39. The van der Waals surface area contributed by atoms with Crippen LogP contribution in [-0.2, 0) is 14.3 Å². The van der Waals surface area contributed by atoms with Gasteiger partial charge in [-0.05, 0) is 57.8 Å². The Kier molecular flexibility index (Phi) is 54.1. The lowest BCUT2D eigenvalue weighted by Crippen LogP contribution is -2.45. The number of aliphatic hydroxyl groups excluding tert-OH is 2. The highest BCUT2D eigenvalue weighted by atomic mass is 16.5. The van der Waals surface area contributed by atoms with Gasteiger partial charge in [0.05, 0.1) is 25.4 Å². The molecule has 2 unspecified atom stereocenters. The first-order chi connectivity index (χ1) is 32.5. The second-order valence-corrected chi connectivity index (χ2v) is 20.0. The van der Waals surface area contributed by atoms with Crippen LogP contribution in [0.4, 0.5) is 0 Å². The molecule has 388 valence electrons. The van der Waals surface area contributed by atoms with Gasteiger partial charge in [0.2, 0.25) is 5.91 Å². The number of unbranched alkanes of at least 4 members (excludes halogenated alkanes) is 39. The zero-order chi connectivity index (χ0) is 47.9. The number of allylic oxidation sites excluding steroid dienone is 5. The monoisotopic (exact) mass is 928 g/mol. The third-order valence-corrected chi connectivity index (χ3v) is 13.4. The van der Waals surface area contributed by atoms with E-state index in [-0.39, 0.29) is 18.5 Å². The van der Waals surface area contributed by atoms with Gasteiger partial charge in [-0.2, -0.15) is 0 Å². The fourth-order valence-electron chi connectivity index (χ4n) is 8.91. The molecule has 0 fully saturated rings. The SMILES string of the molecule is CCC/C=C\C/C=C\CCCCCCCC(=O)OCCCCCCCCCCCCCCCCCCCCCCCCCC(=O)NC(CO)C(O)/C=C/CCCCCCCCCCCCC. The lowest BCUT2D eigenvalue weighted by molar-refractivity contribution is -0.143. The predicted molar refractivity (Wildman–Crippen MR) is 287 cm³/mol. The minimum Gasteiger partial charge on any atom is -0.466 e. The van der Waals surface area contributed by atoms with Crippen LogP contribution in [0.15, 0.2) is 36.5 Å². The van der Waals surface area contributed by atoms with E-state index in [1.807, 2.05) is 6.08 Å². The maximum absolute atomic E-state index is 12.4. The Morgan fingerprint density at radius 3 is 1.21 bits per heavy atom. The smallest absolute Gasteiger partial charge is 0.305 e. The molecule has 0 aromatic carbocycles. The highest BCUT2D eigenvalue weighted by molar-refractivity contribution is 5.76. The molecule has 6 nitrogen and oxygen atoms in total. The number of nitrogens with one attached hydrogen (secondary N) is 1. The first kappa shape index (κ1) is 64.1. The molecule has 2 atom stereocenters. The van der Waals surface area contributed by atoms with Crippen molar-refractivity contribution in [1.82, 2.24) is 5.32 Å². The van der Waals surface area contributed by atoms with E-state index in [4.69, 9.17) is 4.74 Å². The molecule has 0 aromatic heterocycles. The maximum atomic E-state index is 12.4. The van der Waals surface area contributed by atoms with Crippen molar-refractivity contribution in [2.75, 3.05) is 13.2 Å². The van der Waals surface area contributed by atoms with Crippen LogP contribution < -0.4 is 5.32 Å². The topological polar surface area (TPSA) is 95.9 Å². The summed E-state index contributed by atoms with van der Waals surface area (Å²) < 4.78 is 5.46. The van der Waals surface area contributed by atoms with Crippen molar-refractivity contribution in [3.63, 3.8) is 0 Å². The number of rotatable bonds is 54. The minimum atomic E-state index is -0.843. The summed E-state index contributed by atoms with van der Waals surface area (Å²) in [6, 6.07) is -0.627. The quantitative estimate of drug-likeness (QED) is 0.0321. The average molecular weight is 929 g/mol. The van der Waals surface area contributed by atoms with Gasteiger partial charge in [-0.25, -0.2) is 0 Å². The first-order valence-corrected chi connectivity index (χ1v) is 29.3. The second kappa shape index (κ2) is 55.7. The van der Waals surface area contributed by atoms with Crippen LogP contribution in [0.1, 0.15) is 309 Å². The third kappa shape index (κ3) is 51.5. The summed E-state index contributed by atoms with van der Waals surface area (Å²) in [5, 5.41) is 23.1. The van der Waals surface area contributed by atoms with Gasteiger partial charge in [0.15, 0.2) is 0 Å². The summed E-state index contributed by atoms with van der Waals surface area (Å²) in [5.41, 5.74) is 0. The lowest BCUT2D eigenvalue weighted by Gasteiger charge is -2.20. The molecule has 66 heavy (non-hydrogen) atoms. The maximum Gasteiger partial charge on any atom is 0.305 e. The molecule has 0 aromatic rings. The van der Waals surface area contributed by atoms with E-state index >= 15 is 0 Å². The third-order valence-electron chi connectivity index (χ3n) is 13.4. The van der Waals surface area contributed by atoms with Gasteiger partial charge in [-0.15, -0.1) is 0 Å². The molecule has 3 N–H and O–H groups in total.